The van der Waals surface area contributed by atoms with Crippen LogP contribution in [0.25, 0.3) is 0 Å². The maximum atomic E-state index is 4.48. The van der Waals surface area contributed by atoms with E-state index in [2.05, 4.69) is 30.2 Å². The van der Waals surface area contributed by atoms with Gasteiger partial charge in [0.25, 0.3) is 0 Å². The lowest BCUT2D eigenvalue weighted by Crippen LogP contribution is -2.36. The van der Waals surface area contributed by atoms with E-state index in [1.807, 2.05) is 13.2 Å². The molecule has 0 spiro atoms. The smallest absolute Gasteiger partial charge is 0.147 e. The summed E-state index contributed by atoms with van der Waals surface area (Å²) in [6.07, 6.45) is 10.7. The second-order valence-corrected chi connectivity index (χ2v) is 5.63. The van der Waals surface area contributed by atoms with Crippen LogP contribution >= 0.6 is 0 Å². The molecule has 3 heterocycles. The summed E-state index contributed by atoms with van der Waals surface area (Å²) < 4.78 is 0. The van der Waals surface area contributed by atoms with Gasteiger partial charge in [0.15, 0.2) is 0 Å². The molecule has 0 unspecified atom stereocenters. The number of hydrogen-bond acceptors (Lipinski definition) is 5. The molecule has 2 aromatic heterocycles. The SMILES string of the molecule is CNc1nccnc1C[C@H]1CCCN(Cc2cnc[nH]2)C1. The fourth-order valence-electron chi connectivity index (χ4n) is 3.07. The minimum atomic E-state index is 0.644. The van der Waals surface area contributed by atoms with Crippen LogP contribution in [0.2, 0.25) is 0 Å². The van der Waals surface area contributed by atoms with Crippen molar-refractivity contribution in [2.24, 2.45) is 5.92 Å². The summed E-state index contributed by atoms with van der Waals surface area (Å²) in [7, 11) is 1.90. The molecule has 1 fully saturated rings. The van der Waals surface area contributed by atoms with E-state index in [9.17, 15) is 0 Å². The highest BCUT2D eigenvalue weighted by Gasteiger charge is 2.22. The Morgan fingerprint density at radius 3 is 3.10 bits per heavy atom. The minimum absolute atomic E-state index is 0.644. The van der Waals surface area contributed by atoms with Gasteiger partial charge in [0.1, 0.15) is 5.82 Å². The van der Waals surface area contributed by atoms with Gasteiger partial charge in [-0.05, 0) is 31.7 Å². The number of aromatic amines is 1. The molecule has 112 valence electrons. The van der Waals surface area contributed by atoms with E-state index in [0.29, 0.717) is 5.92 Å². The first-order chi connectivity index (χ1) is 10.3. The highest BCUT2D eigenvalue weighted by molar-refractivity contribution is 5.38. The van der Waals surface area contributed by atoms with Gasteiger partial charge >= 0.3 is 0 Å². The van der Waals surface area contributed by atoms with Gasteiger partial charge in [-0.2, -0.15) is 0 Å². The van der Waals surface area contributed by atoms with E-state index in [4.69, 9.17) is 0 Å². The summed E-state index contributed by atoms with van der Waals surface area (Å²) >= 11 is 0. The number of nitrogens with zero attached hydrogens (tertiary/aromatic N) is 4. The lowest BCUT2D eigenvalue weighted by Gasteiger charge is -2.32. The van der Waals surface area contributed by atoms with Gasteiger partial charge < -0.3 is 10.3 Å². The minimum Gasteiger partial charge on any atom is -0.372 e. The van der Waals surface area contributed by atoms with Gasteiger partial charge in [0.05, 0.1) is 12.0 Å². The number of anilines is 1. The van der Waals surface area contributed by atoms with Crippen LogP contribution in [-0.4, -0.2) is 45.0 Å². The molecule has 0 aliphatic carbocycles. The molecule has 0 bridgehead atoms. The third kappa shape index (κ3) is 3.58. The van der Waals surface area contributed by atoms with E-state index in [1.165, 1.54) is 18.5 Å². The van der Waals surface area contributed by atoms with Gasteiger partial charge in [-0.15, -0.1) is 0 Å². The zero-order chi connectivity index (χ0) is 14.5. The van der Waals surface area contributed by atoms with Crippen molar-refractivity contribution >= 4 is 5.82 Å². The maximum Gasteiger partial charge on any atom is 0.147 e. The van der Waals surface area contributed by atoms with E-state index in [0.717, 1.165) is 37.6 Å². The van der Waals surface area contributed by atoms with Crippen molar-refractivity contribution in [1.29, 1.82) is 0 Å². The summed E-state index contributed by atoms with van der Waals surface area (Å²) in [5, 5.41) is 3.13. The highest BCUT2D eigenvalue weighted by Crippen LogP contribution is 2.23. The molecule has 1 saturated heterocycles. The predicted molar refractivity (Wildman–Crippen MR) is 81.9 cm³/mol. The van der Waals surface area contributed by atoms with Crippen molar-refractivity contribution in [3.8, 4) is 0 Å². The summed E-state index contributed by atoms with van der Waals surface area (Å²) in [6.45, 7) is 3.23. The zero-order valence-electron chi connectivity index (χ0n) is 12.4. The molecule has 2 N–H and O–H groups in total. The first kappa shape index (κ1) is 14.0. The summed E-state index contributed by atoms with van der Waals surface area (Å²) in [5.74, 6) is 1.55. The van der Waals surface area contributed by atoms with Gasteiger partial charge in [0.2, 0.25) is 0 Å². The van der Waals surface area contributed by atoms with Crippen LogP contribution in [0.5, 0.6) is 0 Å². The average Bonchev–Trinajstić information content (AvgIpc) is 3.01. The highest BCUT2D eigenvalue weighted by atomic mass is 15.1. The maximum absolute atomic E-state index is 4.48. The number of piperidine rings is 1. The largest absolute Gasteiger partial charge is 0.372 e. The summed E-state index contributed by atoms with van der Waals surface area (Å²) in [4.78, 5) is 18.6. The number of likely N-dealkylation sites (tertiary alicyclic amines) is 1. The molecule has 0 radical (unpaired) electrons. The van der Waals surface area contributed by atoms with Crippen molar-refractivity contribution in [1.82, 2.24) is 24.8 Å². The summed E-state index contributed by atoms with van der Waals surface area (Å²) in [6, 6.07) is 0. The molecule has 2 aromatic rings. The number of nitrogens with one attached hydrogen (secondary N) is 2. The number of rotatable bonds is 5. The van der Waals surface area contributed by atoms with Crippen LogP contribution in [0.3, 0.4) is 0 Å². The topological polar surface area (TPSA) is 69.7 Å². The molecule has 1 aliphatic heterocycles. The molecule has 6 nitrogen and oxygen atoms in total. The molecular weight excluding hydrogens is 264 g/mol. The third-order valence-corrected chi connectivity index (χ3v) is 4.04. The Bertz CT molecular complexity index is 553. The van der Waals surface area contributed by atoms with Crippen molar-refractivity contribution in [2.75, 3.05) is 25.5 Å². The zero-order valence-corrected chi connectivity index (χ0v) is 12.4. The molecular formula is C15H22N6. The molecule has 1 atom stereocenters. The fraction of sp³-hybridized carbons (Fsp3) is 0.533. The Balaban J connectivity index is 1.60. The number of hydrogen-bond donors (Lipinski definition) is 2. The normalized spacial score (nSPS) is 19.6. The molecule has 0 saturated carbocycles. The van der Waals surface area contributed by atoms with Crippen LogP contribution in [0, 0.1) is 5.92 Å². The third-order valence-electron chi connectivity index (χ3n) is 4.04. The molecule has 1 aliphatic rings. The van der Waals surface area contributed by atoms with Crippen LogP contribution in [0.15, 0.2) is 24.9 Å². The Kier molecular flexibility index (Phi) is 4.45. The van der Waals surface area contributed by atoms with Crippen LogP contribution in [0.1, 0.15) is 24.2 Å². The Morgan fingerprint density at radius 1 is 1.38 bits per heavy atom. The second kappa shape index (κ2) is 6.67. The Hall–Kier alpha value is -1.95. The van der Waals surface area contributed by atoms with E-state index < -0.39 is 0 Å². The molecule has 6 heteroatoms. The first-order valence-corrected chi connectivity index (χ1v) is 7.52. The standard InChI is InChI=1S/C15H22N6/c1-16-15-14(18-4-5-19-15)7-12-3-2-6-21(9-12)10-13-8-17-11-20-13/h4-5,8,11-12H,2-3,6-7,9-10H2,1H3,(H,16,19)(H,17,20)/t12-/m1/s1. The lowest BCUT2D eigenvalue weighted by molar-refractivity contribution is 0.165. The van der Waals surface area contributed by atoms with Gasteiger partial charge in [-0.1, -0.05) is 0 Å². The van der Waals surface area contributed by atoms with Gasteiger partial charge in [-0.25, -0.2) is 9.97 Å². The number of imidazole rings is 1. The van der Waals surface area contributed by atoms with Crippen LogP contribution < -0.4 is 5.32 Å². The Labute approximate surface area is 125 Å². The van der Waals surface area contributed by atoms with Crippen LogP contribution in [0.4, 0.5) is 5.82 Å². The fourth-order valence-corrected chi connectivity index (χ4v) is 3.07. The average molecular weight is 286 g/mol. The van der Waals surface area contributed by atoms with E-state index in [1.54, 1.807) is 18.7 Å². The Morgan fingerprint density at radius 2 is 2.29 bits per heavy atom. The van der Waals surface area contributed by atoms with Crippen LogP contribution in [-0.2, 0) is 13.0 Å². The van der Waals surface area contributed by atoms with Crippen molar-refractivity contribution in [3.63, 3.8) is 0 Å². The predicted octanol–water partition coefficient (Wildman–Crippen LogP) is 1.70. The second-order valence-electron chi connectivity index (χ2n) is 5.63. The molecule has 0 amide bonds. The van der Waals surface area contributed by atoms with Crippen molar-refractivity contribution in [2.45, 2.75) is 25.8 Å². The van der Waals surface area contributed by atoms with Crippen molar-refractivity contribution < 1.29 is 0 Å². The first-order valence-electron chi connectivity index (χ1n) is 7.52. The summed E-state index contributed by atoms with van der Waals surface area (Å²) in [5.41, 5.74) is 2.26. The molecule has 3 rings (SSSR count). The van der Waals surface area contributed by atoms with Gasteiger partial charge in [0, 0.05) is 44.4 Å². The number of H-pyrrole nitrogens is 1. The number of aromatic nitrogens is 4. The quantitative estimate of drug-likeness (QED) is 0.875. The van der Waals surface area contributed by atoms with Crippen molar-refractivity contribution in [3.05, 3.63) is 36.3 Å². The van der Waals surface area contributed by atoms with E-state index in [-0.39, 0.29) is 0 Å². The molecule has 21 heavy (non-hydrogen) atoms. The monoisotopic (exact) mass is 286 g/mol. The van der Waals surface area contributed by atoms with Gasteiger partial charge in [-0.3, -0.25) is 9.88 Å². The van der Waals surface area contributed by atoms with E-state index >= 15 is 0 Å². The molecule has 0 aromatic carbocycles. The lowest BCUT2D eigenvalue weighted by atomic mass is 9.93.